The summed E-state index contributed by atoms with van der Waals surface area (Å²) in [6.45, 7) is 0.747. The van der Waals surface area contributed by atoms with Gasteiger partial charge in [0, 0.05) is 16.8 Å². The Labute approximate surface area is 151 Å². The van der Waals surface area contributed by atoms with Crippen LogP contribution in [0, 0.1) is 0 Å². The third-order valence-electron chi connectivity index (χ3n) is 4.35. The lowest BCUT2D eigenvalue weighted by molar-refractivity contribution is 0.102. The normalized spacial score (nSPS) is 15.6. The molecule has 5 nitrogen and oxygen atoms in total. The quantitative estimate of drug-likeness (QED) is 0.863. The number of hydrogen-bond donors (Lipinski definition) is 1. The number of benzene rings is 1. The molecule has 1 amide bonds. The second kappa shape index (κ2) is 8.05. The molecule has 2 aromatic rings. The van der Waals surface area contributed by atoms with Gasteiger partial charge >= 0.3 is 0 Å². The predicted molar refractivity (Wildman–Crippen MR) is 97.7 cm³/mol. The second-order valence-electron chi connectivity index (χ2n) is 6.17. The Morgan fingerprint density at radius 3 is 2.67 bits per heavy atom. The zero-order valence-electron chi connectivity index (χ0n) is 13.7. The molecule has 0 radical (unpaired) electrons. The number of anilines is 1. The molecule has 1 aliphatic rings. The van der Waals surface area contributed by atoms with Crippen molar-refractivity contribution in [3.8, 4) is 0 Å². The van der Waals surface area contributed by atoms with Crippen molar-refractivity contribution >= 4 is 34.5 Å². The summed E-state index contributed by atoms with van der Waals surface area (Å²) in [6, 6.07) is 7.62. The van der Waals surface area contributed by atoms with Crippen molar-refractivity contribution in [1.82, 2.24) is 15.1 Å². The highest BCUT2D eigenvalue weighted by atomic mass is 35.5. The SMILES string of the molecule is CN(Cc1nnc(C(=O)Nc2ccc(Cl)cc2)s1)C1CCCCC1. The molecule has 1 aromatic heterocycles. The Kier molecular flexibility index (Phi) is 5.81. The zero-order chi connectivity index (χ0) is 16.9. The van der Waals surface area contributed by atoms with Gasteiger partial charge in [0.2, 0.25) is 5.01 Å². The first-order chi connectivity index (χ1) is 11.6. The minimum Gasteiger partial charge on any atom is -0.320 e. The lowest BCUT2D eigenvalue weighted by Gasteiger charge is -2.30. The molecule has 0 bridgehead atoms. The molecule has 128 valence electrons. The van der Waals surface area contributed by atoms with Crippen LogP contribution < -0.4 is 5.32 Å². The number of carbonyl (C=O) groups is 1. The van der Waals surface area contributed by atoms with Gasteiger partial charge in [0.05, 0.1) is 6.54 Å². The molecule has 0 spiro atoms. The van der Waals surface area contributed by atoms with Gasteiger partial charge in [-0.25, -0.2) is 0 Å². The number of nitrogens with one attached hydrogen (secondary N) is 1. The highest BCUT2D eigenvalue weighted by molar-refractivity contribution is 7.13. The lowest BCUT2D eigenvalue weighted by Crippen LogP contribution is -2.32. The molecular weight excluding hydrogens is 344 g/mol. The number of nitrogens with zero attached hydrogens (tertiary/aromatic N) is 3. The summed E-state index contributed by atoms with van der Waals surface area (Å²) in [5.74, 6) is -0.235. The van der Waals surface area contributed by atoms with Crippen LogP contribution in [0.25, 0.3) is 0 Å². The van der Waals surface area contributed by atoms with Gasteiger partial charge in [-0.2, -0.15) is 0 Å². The molecule has 3 rings (SSSR count). The van der Waals surface area contributed by atoms with Gasteiger partial charge in [0.15, 0.2) is 0 Å². The third-order valence-corrected chi connectivity index (χ3v) is 5.50. The van der Waals surface area contributed by atoms with Crippen molar-refractivity contribution in [3.63, 3.8) is 0 Å². The van der Waals surface area contributed by atoms with Crippen LogP contribution in [-0.4, -0.2) is 34.1 Å². The van der Waals surface area contributed by atoms with Crippen molar-refractivity contribution < 1.29 is 4.79 Å². The van der Waals surface area contributed by atoms with Crippen LogP contribution >= 0.6 is 22.9 Å². The Hall–Kier alpha value is -1.50. The zero-order valence-corrected chi connectivity index (χ0v) is 15.2. The van der Waals surface area contributed by atoms with Gasteiger partial charge in [0.25, 0.3) is 5.91 Å². The summed E-state index contributed by atoms with van der Waals surface area (Å²) >= 11 is 7.20. The van der Waals surface area contributed by atoms with Crippen molar-refractivity contribution in [2.75, 3.05) is 12.4 Å². The molecule has 0 unspecified atom stereocenters. The molecular formula is C17H21ClN4OS. The molecule has 1 fully saturated rings. The summed E-state index contributed by atoms with van der Waals surface area (Å²) in [5, 5.41) is 12.9. The molecule has 0 atom stereocenters. The third kappa shape index (κ3) is 4.53. The minimum atomic E-state index is -0.235. The topological polar surface area (TPSA) is 58.1 Å². The van der Waals surface area contributed by atoms with E-state index in [9.17, 15) is 4.79 Å². The van der Waals surface area contributed by atoms with Gasteiger partial charge in [0.1, 0.15) is 5.01 Å². The van der Waals surface area contributed by atoms with E-state index in [2.05, 4.69) is 27.5 Å². The number of carbonyl (C=O) groups excluding carboxylic acids is 1. The maximum absolute atomic E-state index is 12.3. The van der Waals surface area contributed by atoms with Crippen LogP contribution in [0.5, 0.6) is 0 Å². The average Bonchev–Trinajstić information content (AvgIpc) is 3.06. The Bertz CT molecular complexity index is 682. The molecule has 1 heterocycles. The highest BCUT2D eigenvalue weighted by Crippen LogP contribution is 2.24. The van der Waals surface area contributed by atoms with Crippen molar-refractivity contribution in [2.45, 2.75) is 44.7 Å². The molecule has 1 N–H and O–H groups in total. The van der Waals surface area contributed by atoms with Crippen molar-refractivity contribution in [1.29, 1.82) is 0 Å². The number of hydrogen-bond acceptors (Lipinski definition) is 5. The molecule has 24 heavy (non-hydrogen) atoms. The van der Waals surface area contributed by atoms with E-state index >= 15 is 0 Å². The molecule has 1 aromatic carbocycles. The van der Waals surface area contributed by atoms with Crippen LogP contribution in [0.15, 0.2) is 24.3 Å². The smallest absolute Gasteiger partial charge is 0.286 e. The van der Waals surface area contributed by atoms with Crippen LogP contribution in [0.3, 0.4) is 0 Å². The Balaban J connectivity index is 1.58. The fourth-order valence-corrected chi connectivity index (χ4v) is 3.92. The summed E-state index contributed by atoms with van der Waals surface area (Å²) in [4.78, 5) is 14.6. The maximum atomic E-state index is 12.3. The van der Waals surface area contributed by atoms with Gasteiger partial charge in [-0.05, 0) is 44.2 Å². The summed E-state index contributed by atoms with van der Waals surface area (Å²) < 4.78 is 0. The van der Waals surface area contributed by atoms with Crippen LogP contribution in [-0.2, 0) is 6.54 Å². The molecule has 1 aliphatic carbocycles. The first-order valence-corrected chi connectivity index (χ1v) is 9.41. The molecule has 0 aliphatic heterocycles. The van der Waals surface area contributed by atoms with E-state index in [1.807, 2.05) is 0 Å². The van der Waals surface area contributed by atoms with E-state index < -0.39 is 0 Å². The van der Waals surface area contributed by atoms with Crippen molar-refractivity contribution in [3.05, 3.63) is 39.3 Å². The van der Waals surface area contributed by atoms with E-state index in [4.69, 9.17) is 11.6 Å². The average molecular weight is 365 g/mol. The number of amides is 1. The standard InChI is InChI=1S/C17H21ClN4OS/c1-22(14-5-3-2-4-6-14)11-15-20-21-17(24-15)16(23)19-13-9-7-12(18)8-10-13/h7-10,14H,2-6,11H2,1H3,(H,19,23). The summed E-state index contributed by atoms with van der Waals surface area (Å²) in [7, 11) is 2.13. The fourth-order valence-electron chi connectivity index (χ4n) is 2.99. The van der Waals surface area contributed by atoms with E-state index in [-0.39, 0.29) is 5.91 Å². The van der Waals surface area contributed by atoms with E-state index in [0.29, 0.717) is 21.8 Å². The van der Waals surface area contributed by atoms with Gasteiger partial charge in [-0.3, -0.25) is 9.69 Å². The Morgan fingerprint density at radius 1 is 1.25 bits per heavy atom. The van der Waals surface area contributed by atoms with Crippen LogP contribution in [0.4, 0.5) is 5.69 Å². The maximum Gasteiger partial charge on any atom is 0.286 e. The predicted octanol–water partition coefficient (Wildman–Crippen LogP) is 4.21. The number of halogens is 1. The van der Waals surface area contributed by atoms with E-state index in [0.717, 1.165) is 11.6 Å². The molecule has 1 saturated carbocycles. The monoisotopic (exact) mass is 364 g/mol. The highest BCUT2D eigenvalue weighted by Gasteiger charge is 2.20. The largest absolute Gasteiger partial charge is 0.320 e. The first-order valence-electron chi connectivity index (χ1n) is 8.21. The van der Waals surface area contributed by atoms with E-state index in [1.165, 1.54) is 43.4 Å². The van der Waals surface area contributed by atoms with Crippen LogP contribution in [0.2, 0.25) is 5.02 Å². The summed E-state index contributed by atoms with van der Waals surface area (Å²) in [6.07, 6.45) is 6.45. The van der Waals surface area contributed by atoms with Crippen molar-refractivity contribution in [2.24, 2.45) is 0 Å². The van der Waals surface area contributed by atoms with Gasteiger partial charge in [-0.1, -0.05) is 42.2 Å². The number of aromatic nitrogens is 2. The molecule has 7 heteroatoms. The van der Waals surface area contributed by atoms with Gasteiger partial charge in [-0.15, -0.1) is 10.2 Å². The Morgan fingerprint density at radius 2 is 1.96 bits per heavy atom. The summed E-state index contributed by atoms with van der Waals surface area (Å²) in [5.41, 5.74) is 0.695. The van der Waals surface area contributed by atoms with Crippen LogP contribution in [0.1, 0.15) is 46.9 Å². The first kappa shape index (κ1) is 17.3. The number of rotatable bonds is 5. The second-order valence-corrected chi connectivity index (χ2v) is 7.67. The van der Waals surface area contributed by atoms with E-state index in [1.54, 1.807) is 24.3 Å². The molecule has 0 saturated heterocycles. The fraction of sp³-hybridized carbons (Fsp3) is 0.471. The van der Waals surface area contributed by atoms with Gasteiger partial charge < -0.3 is 5.32 Å². The lowest BCUT2D eigenvalue weighted by atomic mass is 9.94. The minimum absolute atomic E-state index is 0.235.